The molecule has 1 atom stereocenters. The van der Waals surface area contributed by atoms with E-state index >= 15 is 0 Å². The zero-order valence-electron chi connectivity index (χ0n) is 11.9. The minimum absolute atomic E-state index is 0. The number of phenols is 1. The number of unbranched alkanes of at least 4 members (excludes halogenated alkanes) is 1. The molecule has 3 nitrogen and oxygen atoms in total. The summed E-state index contributed by atoms with van der Waals surface area (Å²) in [6.45, 7) is 5.96. The van der Waals surface area contributed by atoms with E-state index in [2.05, 4.69) is 17.1 Å². The summed E-state index contributed by atoms with van der Waals surface area (Å²) in [7, 11) is 0. The van der Waals surface area contributed by atoms with Crippen LogP contribution in [-0.2, 0) is 0 Å². The largest absolute Gasteiger partial charge is 0.505 e. The molecule has 0 amide bonds. The van der Waals surface area contributed by atoms with Crippen molar-refractivity contribution in [1.82, 2.24) is 10.2 Å². The van der Waals surface area contributed by atoms with E-state index in [0.29, 0.717) is 0 Å². The van der Waals surface area contributed by atoms with Crippen molar-refractivity contribution < 1.29 is 9.50 Å². The van der Waals surface area contributed by atoms with Gasteiger partial charge >= 0.3 is 0 Å². The molecule has 2 N–H and O–H groups in total. The smallest absolute Gasteiger partial charge is 0.165 e. The summed E-state index contributed by atoms with van der Waals surface area (Å²) in [5.41, 5.74) is 0.732. The van der Waals surface area contributed by atoms with Crippen molar-refractivity contribution in [3.63, 3.8) is 0 Å². The van der Waals surface area contributed by atoms with Gasteiger partial charge in [-0.1, -0.05) is 31.9 Å². The topological polar surface area (TPSA) is 35.5 Å². The number of phenolic OH excluding ortho intramolecular Hbond substituents is 1. The fraction of sp³-hybridized carbons (Fsp3) is 0.600. The van der Waals surface area contributed by atoms with Crippen LogP contribution in [0.2, 0.25) is 0 Å². The SMILES string of the molecule is CCCC[C@@H](c1cccc(F)c1O)N1CCNCC1.Cl. The Labute approximate surface area is 126 Å². The molecular weight excluding hydrogens is 279 g/mol. The maximum absolute atomic E-state index is 13.5. The number of halogens is 2. The predicted molar refractivity (Wildman–Crippen MR) is 82.0 cm³/mol. The number of piperazine rings is 1. The van der Waals surface area contributed by atoms with E-state index in [1.807, 2.05) is 6.07 Å². The van der Waals surface area contributed by atoms with Crippen LogP contribution >= 0.6 is 12.4 Å². The van der Waals surface area contributed by atoms with Crippen molar-refractivity contribution in [3.8, 4) is 5.75 Å². The molecule has 1 saturated heterocycles. The Hall–Kier alpha value is -0.840. The molecule has 0 bridgehead atoms. The molecule has 1 heterocycles. The van der Waals surface area contributed by atoms with Gasteiger partial charge < -0.3 is 10.4 Å². The molecule has 2 rings (SSSR count). The van der Waals surface area contributed by atoms with Gasteiger partial charge in [-0.05, 0) is 12.5 Å². The summed E-state index contributed by atoms with van der Waals surface area (Å²) in [5, 5.41) is 13.3. The van der Waals surface area contributed by atoms with Gasteiger partial charge in [0.1, 0.15) is 0 Å². The molecule has 1 aromatic carbocycles. The lowest BCUT2D eigenvalue weighted by Crippen LogP contribution is -2.45. The van der Waals surface area contributed by atoms with Gasteiger partial charge in [-0.15, -0.1) is 12.4 Å². The Bertz CT molecular complexity index is 411. The van der Waals surface area contributed by atoms with Gasteiger partial charge in [0, 0.05) is 37.8 Å². The highest BCUT2D eigenvalue weighted by Gasteiger charge is 2.24. The lowest BCUT2D eigenvalue weighted by atomic mass is 9.97. The normalized spacial score (nSPS) is 17.5. The second-order valence-corrected chi connectivity index (χ2v) is 5.12. The Morgan fingerprint density at radius 1 is 1.35 bits per heavy atom. The monoisotopic (exact) mass is 302 g/mol. The molecule has 114 valence electrons. The molecule has 5 heteroatoms. The van der Waals surface area contributed by atoms with Gasteiger partial charge in [-0.3, -0.25) is 4.90 Å². The summed E-state index contributed by atoms with van der Waals surface area (Å²) in [5.74, 6) is -0.698. The second-order valence-electron chi connectivity index (χ2n) is 5.12. The summed E-state index contributed by atoms with van der Waals surface area (Å²) in [4.78, 5) is 2.35. The van der Waals surface area contributed by atoms with Crippen LogP contribution < -0.4 is 5.32 Å². The van der Waals surface area contributed by atoms with Gasteiger partial charge in [0.05, 0.1) is 0 Å². The van der Waals surface area contributed by atoms with Crippen LogP contribution in [0.5, 0.6) is 5.75 Å². The van der Waals surface area contributed by atoms with Gasteiger partial charge in [0.15, 0.2) is 11.6 Å². The summed E-state index contributed by atoms with van der Waals surface area (Å²) in [6.07, 6.45) is 3.16. The first-order valence-electron chi connectivity index (χ1n) is 7.16. The lowest BCUT2D eigenvalue weighted by molar-refractivity contribution is 0.160. The van der Waals surface area contributed by atoms with Gasteiger partial charge in [0.2, 0.25) is 0 Å². The van der Waals surface area contributed by atoms with Crippen molar-refractivity contribution >= 4 is 12.4 Å². The quantitative estimate of drug-likeness (QED) is 0.877. The fourth-order valence-corrected chi connectivity index (χ4v) is 2.73. The Morgan fingerprint density at radius 2 is 2.05 bits per heavy atom. The highest BCUT2D eigenvalue weighted by atomic mass is 35.5. The molecule has 0 spiro atoms. The maximum atomic E-state index is 13.5. The number of hydrogen-bond donors (Lipinski definition) is 2. The molecule has 0 radical (unpaired) electrons. The molecule has 0 unspecified atom stereocenters. The first-order chi connectivity index (χ1) is 9.24. The van der Waals surface area contributed by atoms with E-state index in [-0.39, 0.29) is 24.2 Å². The minimum atomic E-state index is -0.519. The van der Waals surface area contributed by atoms with Crippen LogP contribution in [-0.4, -0.2) is 36.2 Å². The van der Waals surface area contributed by atoms with Crippen molar-refractivity contribution in [2.75, 3.05) is 26.2 Å². The average Bonchev–Trinajstić information content (AvgIpc) is 2.45. The van der Waals surface area contributed by atoms with Crippen LogP contribution in [0.1, 0.15) is 37.8 Å². The number of hydrogen-bond acceptors (Lipinski definition) is 3. The number of nitrogens with zero attached hydrogens (tertiary/aromatic N) is 1. The summed E-state index contributed by atoms with van der Waals surface area (Å²) in [6, 6.07) is 4.97. The van der Waals surface area contributed by atoms with E-state index in [4.69, 9.17) is 0 Å². The zero-order chi connectivity index (χ0) is 13.7. The minimum Gasteiger partial charge on any atom is -0.505 e. The van der Waals surface area contributed by atoms with E-state index in [0.717, 1.165) is 51.0 Å². The third kappa shape index (κ3) is 4.08. The molecule has 1 aliphatic heterocycles. The maximum Gasteiger partial charge on any atom is 0.165 e. The first kappa shape index (κ1) is 17.2. The van der Waals surface area contributed by atoms with Gasteiger partial charge in [-0.2, -0.15) is 0 Å². The van der Waals surface area contributed by atoms with Crippen LogP contribution in [0.15, 0.2) is 18.2 Å². The van der Waals surface area contributed by atoms with E-state index in [9.17, 15) is 9.50 Å². The number of nitrogens with one attached hydrogen (secondary N) is 1. The Morgan fingerprint density at radius 3 is 2.70 bits per heavy atom. The highest BCUT2D eigenvalue weighted by Crippen LogP contribution is 2.34. The van der Waals surface area contributed by atoms with Gasteiger partial charge in [-0.25, -0.2) is 4.39 Å². The van der Waals surface area contributed by atoms with Crippen molar-refractivity contribution in [1.29, 1.82) is 0 Å². The van der Waals surface area contributed by atoms with Crippen LogP contribution in [0.25, 0.3) is 0 Å². The second kappa shape index (κ2) is 8.45. The van der Waals surface area contributed by atoms with E-state index in [1.165, 1.54) is 6.07 Å². The highest BCUT2D eigenvalue weighted by molar-refractivity contribution is 5.85. The third-order valence-electron chi connectivity index (χ3n) is 3.80. The fourth-order valence-electron chi connectivity index (χ4n) is 2.73. The molecule has 1 aromatic rings. The average molecular weight is 303 g/mol. The van der Waals surface area contributed by atoms with E-state index < -0.39 is 5.82 Å². The number of rotatable bonds is 5. The molecular formula is C15H24ClFN2O. The molecule has 20 heavy (non-hydrogen) atoms. The van der Waals surface area contributed by atoms with Crippen molar-refractivity contribution in [2.24, 2.45) is 0 Å². The molecule has 1 fully saturated rings. The predicted octanol–water partition coefficient (Wildman–Crippen LogP) is 3.09. The molecule has 0 aromatic heterocycles. The standard InChI is InChI=1S/C15H23FN2O.ClH/c1-2-3-7-14(18-10-8-17-9-11-18)12-5-4-6-13(16)15(12)19;/h4-6,14,17,19H,2-3,7-11H2,1H3;1H/t14-;/m0./s1. The molecule has 0 saturated carbocycles. The number of benzene rings is 1. The van der Waals surface area contributed by atoms with Crippen molar-refractivity contribution in [2.45, 2.75) is 32.2 Å². The van der Waals surface area contributed by atoms with Crippen LogP contribution in [0.3, 0.4) is 0 Å². The van der Waals surface area contributed by atoms with E-state index in [1.54, 1.807) is 6.07 Å². The van der Waals surface area contributed by atoms with Crippen LogP contribution in [0.4, 0.5) is 4.39 Å². The first-order valence-corrected chi connectivity index (χ1v) is 7.16. The molecule has 1 aliphatic rings. The molecule has 0 aliphatic carbocycles. The number of aromatic hydroxyl groups is 1. The Balaban J connectivity index is 0.00000200. The zero-order valence-corrected chi connectivity index (χ0v) is 12.8. The van der Waals surface area contributed by atoms with Crippen LogP contribution in [0, 0.1) is 5.82 Å². The summed E-state index contributed by atoms with van der Waals surface area (Å²) < 4.78 is 13.5. The van der Waals surface area contributed by atoms with Crippen molar-refractivity contribution in [3.05, 3.63) is 29.6 Å². The van der Waals surface area contributed by atoms with Gasteiger partial charge in [0.25, 0.3) is 0 Å². The Kier molecular flexibility index (Phi) is 7.27. The summed E-state index contributed by atoms with van der Waals surface area (Å²) >= 11 is 0. The lowest BCUT2D eigenvalue weighted by Gasteiger charge is -2.35. The number of para-hydroxylation sites is 1. The third-order valence-corrected chi connectivity index (χ3v) is 3.80.